The summed E-state index contributed by atoms with van der Waals surface area (Å²) in [5.74, 6) is -1.00. The molecule has 2 rings (SSSR count). The van der Waals surface area contributed by atoms with Crippen molar-refractivity contribution in [3.63, 3.8) is 0 Å². The van der Waals surface area contributed by atoms with Crippen LogP contribution < -0.4 is 5.56 Å². The van der Waals surface area contributed by atoms with E-state index < -0.39 is 5.97 Å². The van der Waals surface area contributed by atoms with Crippen LogP contribution in [0.25, 0.3) is 5.69 Å². The lowest BCUT2D eigenvalue weighted by Gasteiger charge is -2.04. The van der Waals surface area contributed by atoms with Crippen molar-refractivity contribution in [1.29, 1.82) is 0 Å². The first-order chi connectivity index (χ1) is 9.40. The van der Waals surface area contributed by atoms with Crippen molar-refractivity contribution >= 4 is 17.6 Å². The van der Waals surface area contributed by atoms with Crippen LogP contribution in [0.3, 0.4) is 0 Å². The van der Waals surface area contributed by atoms with Gasteiger partial charge in [-0.15, -0.1) is 0 Å². The van der Waals surface area contributed by atoms with Gasteiger partial charge in [0.25, 0.3) is 5.56 Å². The first-order valence-electron chi connectivity index (χ1n) is 6.21. The summed E-state index contributed by atoms with van der Waals surface area (Å²) in [5.41, 5.74) is 1.16. The van der Waals surface area contributed by atoms with Crippen molar-refractivity contribution in [3.8, 4) is 5.69 Å². The number of H-pyrrole nitrogens is 1. The third kappa shape index (κ3) is 2.77. The monoisotopic (exact) mass is 294 g/mol. The zero-order valence-electron chi connectivity index (χ0n) is 11.2. The quantitative estimate of drug-likeness (QED) is 0.910. The van der Waals surface area contributed by atoms with Gasteiger partial charge in [-0.25, -0.2) is 4.68 Å². The number of carbonyl (C=O) groups is 1. The second-order valence-electron chi connectivity index (χ2n) is 4.85. The Morgan fingerprint density at radius 3 is 2.70 bits per heavy atom. The summed E-state index contributed by atoms with van der Waals surface area (Å²) in [6, 6.07) is 6.82. The average molecular weight is 295 g/mol. The smallest absolute Gasteiger partial charge is 0.308 e. The number of benzene rings is 1. The Labute approximate surface area is 120 Å². The van der Waals surface area contributed by atoms with Gasteiger partial charge in [0, 0.05) is 10.7 Å². The molecule has 20 heavy (non-hydrogen) atoms. The van der Waals surface area contributed by atoms with E-state index in [1.165, 1.54) is 4.68 Å². The van der Waals surface area contributed by atoms with Gasteiger partial charge in [0.15, 0.2) is 0 Å². The van der Waals surface area contributed by atoms with E-state index in [0.29, 0.717) is 16.4 Å². The first-order valence-corrected chi connectivity index (χ1v) is 6.59. The van der Waals surface area contributed by atoms with E-state index in [0.717, 1.165) is 0 Å². The molecular formula is C14H15ClN2O3. The van der Waals surface area contributed by atoms with Crippen LogP contribution in [0.1, 0.15) is 31.0 Å². The molecule has 0 aliphatic heterocycles. The number of aromatic nitrogens is 2. The predicted molar refractivity (Wildman–Crippen MR) is 76.8 cm³/mol. The molecule has 0 atom stereocenters. The van der Waals surface area contributed by atoms with E-state index >= 15 is 0 Å². The maximum Gasteiger partial charge on any atom is 0.308 e. The predicted octanol–water partition coefficient (Wildman–Crippen LogP) is 2.57. The fourth-order valence-corrected chi connectivity index (χ4v) is 2.27. The minimum atomic E-state index is -1.03. The Bertz CT molecular complexity index is 701. The van der Waals surface area contributed by atoms with Crippen molar-refractivity contribution in [2.45, 2.75) is 26.2 Å². The largest absolute Gasteiger partial charge is 0.481 e. The number of aromatic amines is 1. The highest BCUT2D eigenvalue weighted by Gasteiger charge is 2.19. The van der Waals surface area contributed by atoms with Gasteiger partial charge in [-0.3, -0.25) is 14.7 Å². The van der Waals surface area contributed by atoms with Crippen molar-refractivity contribution in [3.05, 3.63) is 50.9 Å². The maximum absolute atomic E-state index is 12.4. The third-order valence-electron chi connectivity index (χ3n) is 2.99. The molecule has 2 aromatic rings. The van der Waals surface area contributed by atoms with E-state index in [2.05, 4.69) is 5.10 Å². The van der Waals surface area contributed by atoms with E-state index in [1.807, 2.05) is 13.8 Å². The van der Waals surface area contributed by atoms with Crippen molar-refractivity contribution in [2.24, 2.45) is 0 Å². The molecule has 0 bridgehead atoms. The molecule has 1 aromatic heterocycles. The van der Waals surface area contributed by atoms with Gasteiger partial charge in [0.05, 0.1) is 17.7 Å². The molecule has 0 amide bonds. The van der Waals surface area contributed by atoms with Crippen LogP contribution in [0.2, 0.25) is 5.02 Å². The number of nitrogens with one attached hydrogen (secondary N) is 1. The van der Waals surface area contributed by atoms with Crippen LogP contribution in [-0.4, -0.2) is 20.9 Å². The number of hydrogen-bond acceptors (Lipinski definition) is 2. The van der Waals surface area contributed by atoms with Gasteiger partial charge < -0.3 is 5.11 Å². The van der Waals surface area contributed by atoms with Gasteiger partial charge in [0.2, 0.25) is 0 Å². The molecule has 5 nitrogen and oxygen atoms in total. The highest BCUT2D eigenvalue weighted by Crippen LogP contribution is 2.18. The minimum Gasteiger partial charge on any atom is -0.481 e. The second-order valence-corrected chi connectivity index (χ2v) is 5.29. The van der Waals surface area contributed by atoms with Crippen molar-refractivity contribution < 1.29 is 9.90 Å². The number of nitrogens with zero attached hydrogens (tertiary/aromatic N) is 1. The number of carboxylic acids is 1. The van der Waals surface area contributed by atoms with Crippen molar-refractivity contribution in [2.75, 3.05) is 0 Å². The fourth-order valence-electron chi connectivity index (χ4n) is 2.09. The molecule has 6 heteroatoms. The molecule has 0 aliphatic carbocycles. The average Bonchev–Trinajstić information content (AvgIpc) is 2.67. The Morgan fingerprint density at radius 2 is 2.15 bits per heavy atom. The highest BCUT2D eigenvalue weighted by molar-refractivity contribution is 6.30. The van der Waals surface area contributed by atoms with Crippen molar-refractivity contribution in [1.82, 2.24) is 9.78 Å². The normalized spacial score (nSPS) is 11.0. The topological polar surface area (TPSA) is 75.1 Å². The van der Waals surface area contributed by atoms with E-state index in [4.69, 9.17) is 16.7 Å². The van der Waals surface area contributed by atoms with Crippen LogP contribution in [0, 0.1) is 0 Å². The molecular weight excluding hydrogens is 280 g/mol. The summed E-state index contributed by atoms with van der Waals surface area (Å²) in [4.78, 5) is 23.3. The highest BCUT2D eigenvalue weighted by atomic mass is 35.5. The second kappa shape index (κ2) is 5.54. The number of aliphatic carboxylic acids is 1. The van der Waals surface area contributed by atoms with Gasteiger partial charge in [-0.05, 0) is 24.1 Å². The minimum absolute atomic E-state index is 0.0254. The number of rotatable bonds is 4. The molecule has 1 heterocycles. The van der Waals surface area contributed by atoms with Crippen LogP contribution in [0.15, 0.2) is 29.1 Å². The Balaban J connectivity index is 2.61. The lowest BCUT2D eigenvalue weighted by Crippen LogP contribution is -2.19. The molecule has 0 spiro atoms. The summed E-state index contributed by atoms with van der Waals surface area (Å²) in [5, 5.41) is 12.4. The first kappa shape index (κ1) is 14.4. The summed E-state index contributed by atoms with van der Waals surface area (Å²) in [6.45, 7) is 3.80. The molecule has 0 unspecified atom stereocenters. The van der Waals surface area contributed by atoms with E-state index in [1.54, 1.807) is 24.3 Å². The molecule has 106 valence electrons. The Kier molecular flexibility index (Phi) is 3.99. The van der Waals surface area contributed by atoms with E-state index in [9.17, 15) is 9.59 Å². The summed E-state index contributed by atoms with van der Waals surface area (Å²) in [6.07, 6.45) is -0.295. The molecule has 2 N–H and O–H groups in total. The molecule has 0 radical (unpaired) electrons. The summed E-state index contributed by atoms with van der Waals surface area (Å²) >= 11 is 5.92. The molecule has 0 saturated carbocycles. The fraction of sp³-hybridized carbons (Fsp3) is 0.286. The molecule has 1 aromatic carbocycles. The molecule has 0 saturated heterocycles. The van der Waals surface area contributed by atoms with Gasteiger partial charge in [-0.2, -0.15) is 0 Å². The number of hydrogen-bond donors (Lipinski definition) is 2. The third-order valence-corrected chi connectivity index (χ3v) is 3.23. The van der Waals surface area contributed by atoms with Crippen LogP contribution >= 0.6 is 11.6 Å². The Hall–Kier alpha value is -2.01. The van der Waals surface area contributed by atoms with Gasteiger partial charge in [0.1, 0.15) is 0 Å². The van der Waals surface area contributed by atoms with Gasteiger partial charge in [-0.1, -0.05) is 31.5 Å². The standard InChI is InChI=1S/C14H15ClN2O3/c1-8(2)13-11(7-12(18)19)14(20)17(16-13)10-5-3-4-9(15)6-10/h3-6,8,16H,7H2,1-2H3,(H,18,19). The maximum atomic E-state index is 12.4. The zero-order chi connectivity index (χ0) is 14.9. The SMILES string of the molecule is CC(C)c1[nH]n(-c2cccc(Cl)c2)c(=O)c1CC(=O)O. The van der Waals surface area contributed by atoms with Crippen LogP contribution in [0.5, 0.6) is 0 Å². The lowest BCUT2D eigenvalue weighted by molar-refractivity contribution is -0.136. The molecule has 0 fully saturated rings. The number of carboxylic acid groups (broad SMARTS) is 1. The molecule has 0 aliphatic rings. The lowest BCUT2D eigenvalue weighted by atomic mass is 10.0. The van der Waals surface area contributed by atoms with Gasteiger partial charge >= 0.3 is 5.97 Å². The van der Waals surface area contributed by atoms with E-state index in [-0.39, 0.29) is 23.5 Å². The van der Waals surface area contributed by atoms with Crippen LogP contribution in [0.4, 0.5) is 0 Å². The Morgan fingerprint density at radius 1 is 1.45 bits per heavy atom. The summed E-state index contributed by atoms with van der Waals surface area (Å²) in [7, 11) is 0. The van der Waals surface area contributed by atoms with Crippen LogP contribution in [-0.2, 0) is 11.2 Å². The summed E-state index contributed by atoms with van der Waals surface area (Å²) < 4.78 is 1.33. The number of halogens is 1. The zero-order valence-corrected chi connectivity index (χ0v) is 11.9.